The van der Waals surface area contributed by atoms with E-state index in [1.807, 2.05) is 4.98 Å². The van der Waals surface area contributed by atoms with Crippen LogP contribution < -0.4 is 0 Å². The topological polar surface area (TPSA) is 28.7 Å². The molecule has 1 heterocycles. The Bertz CT molecular complexity index is 959. The van der Waals surface area contributed by atoms with Crippen molar-refractivity contribution in [2.24, 2.45) is 0 Å². The number of alkyl halides is 6. The predicted octanol–water partition coefficient (Wildman–Crippen LogP) is 6.57. The Morgan fingerprint density at radius 2 is 1.52 bits per heavy atom. The van der Waals surface area contributed by atoms with Crippen molar-refractivity contribution < 1.29 is 26.3 Å². The zero-order valence-corrected chi connectivity index (χ0v) is 13.4. The second-order valence-electron chi connectivity index (χ2n) is 5.12. The van der Waals surface area contributed by atoms with E-state index in [2.05, 4.69) is 4.98 Å². The molecule has 1 aromatic heterocycles. The van der Waals surface area contributed by atoms with Crippen molar-refractivity contribution >= 4 is 34.2 Å². The fraction of sp³-hybridized carbons (Fsp3) is 0.133. The highest BCUT2D eigenvalue weighted by Gasteiger charge is 2.36. The Kier molecular flexibility index (Phi) is 4.15. The summed E-state index contributed by atoms with van der Waals surface area (Å²) in [4.78, 5) is 5.42. The molecule has 0 aliphatic heterocycles. The SMILES string of the molecule is FC(F)(F)c1nc2cc(-c3ccc(Cl)cc3C(F)(F)F)c(Cl)cc2[nH]1. The van der Waals surface area contributed by atoms with E-state index in [0.717, 1.165) is 24.3 Å². The predicted molar refractivity (Wildman–Crippen MR) is 81.6 cm³/mol. The standard InChI is InChI=1S/C15H6Cl2F6N2/c16-6-1-2-7(9(3-6)14(18,19)20)8-4-11-12(5-10(8)17)25-13(24-11)15(21,22)23/h1-5H,(H,24,25). The summed E-state index contributed by atoms with van der Waals surface area (Å²) in [5, 5.41) is -0.287. The summed E-state index contributed by atoms with van der Waals surface area (Å²) in [7, 11) is 0. The van der Waals surface area contributed by atoms with Crippen LogP contribution in [-0.4, -0.2) is 9.97 Å². The highest BCUT2D eigenvalue weighted by molar-refractivity contribution is 6.34. The van der Waals surface area contributed by atoms with Crippen LogP contribution >= 0.6 is 23.2 Å². The highest BCUT2D eigenvalue weighted by Crippen LogP contribution is 2.42. The molecule has 0 aliphatic carbocycles. The molecule has 0 fully saturated rings. The average Bonchev–Trinajstić information content (AvgIpc) is 2.88. The monoisotopic (exact) mass is 398 g/mol. The highest BCUT2D eigenvalue weighted by atomic mass is 35.5. The normalized spacial score (nSPS) is 12.8. The lowest BCUT2D eigenvalue weighted by atomic mass is 9.99. The van der Waals surface area contributed by atoms with E-state index >= 15 is 0 Å². The van der Waals surface area contributed by atoms with E-state index < -0.39 is 23.7 Å². The van der Waals surface area contributed by atoms with Crippen LogP contribution in [-0.2, 0) is 12.4 Å². The molecule has 0 saturated carbocycles. The number of rotatable bonds is 1. The van der Waals surface area contributed by atoms with E-state index in [1.54, 1.807) is 0 Å². The van der Waals surface area contributed by atoms with Gasteiger partial charge in [-0.2, -0.15) is 26.3 Å². The minimum atomic E-state index is -4.72. The molecular formula is C15H6Cl2F6N2. The van der Waals surface area contributed by atoms with Crippen LogP contribution in [0.3, 0.4) is 0 Å². The van der Waals surface area contributed by atoms with E-state index in [0.29, 0.717) is 0 Å². The first-order valence-corrected chi connectivity index (χ1v) is 7.36. The summed E-state index contributed by atoms with van der Waals surface area (Å²) in [6, 6.07) is 5.24. The van der Waals surface area contributed by atoms with Crippen LogP contribution in [0.15, 0.2) is 30.3 Å². The number of nitrogens with zero attached hydrogens (tertiary/aromatic N) is 1. The van der Waals surface area contributed by atoms with Crippen molar-refractivity contribution in [3.05, 3.63) is 51.8 Å². The molecule has 10 heteroatoms. The summed E-state index contributed by atoms with van der Waals surface area (Å²) < 4.78 is 77.9. The van der Waals surface area contributed by atoms with Crippen molar-refractivity contribution in [3.8, 4) is 11.1 Å². The first kappa shape index (κ1) is 17.9. The number of fused-ring (bicyclic) bond motifs is 1. The van der Waals surface area contributed by atoms with Gasteiger partial charge in [-0.15, -0.1) is 0 Å². The van der Waals surface area contributed by atoms with Crippen LogP contribution in [0, 0.1) is 0 Å². The van der Waals surface area contributed by atoms with Gasteiger partial charge < -0.3 is 4.98 Å². The van der Waals surface area contributed by atoms with Crippen molar-refractivity contribution in [1.29, 1.82) is 0 Å². The van der Waals surface area contributed by atoms with E-state index in [9.17, 15) is 26.3 Å². The van der Waals surface area contributed by atoms with Crippen molar-refractivity contribution in [2.45, 2.75) is 12.4 Å². The maximum absolute atomic E-state index is 13.2. The number of halogens is 8. The molecule has 3 aromatic rings. The zero-order valence-electron chi connectivity index (χ0n) is 11.9. The minimum Gasteiger partial charge on any atom is -0.334 e. The van der Waals surface area contributed by atoms with Crippen molar-refractivity contribution in [3.63, 3.8) is 0 Å². The molecular weight excluding hydrogens is 393 g/mol. The van der Waals surface area contributed by atoms with Gasteiger partial charge in [0, 0.05) is 10.6 Å². The summed E-state index contributed by atoms with van der Waals surface area (Å²) in [6.45, 7) is 0. The molecule has 0 amide bonds. The lowest BCUT2D eigenvalue weighted by Crippen LogP contribution is -2.07. The molecule has 2 aromatic carbocycles. The maximum atomic E-state index is 13.2. The first-order chi connectivity index (χ1) is 11.5. The molecule has 25 heavy (non-hydrogen) atoms. The third kappa shape index (κ3) is 3.41. The number of aromatic amines is 1. The van der Waals surface area contributed by atoms with Crippen molar-refractivity contribution in [1.82, 2.24) is 9.97 Å². The molecule has 0 bridgehead atoms. The van der Waals surface area contributed by atoms with Gasteiger partial charge in [-0.3, -0.25) is 0 Å². The summed E-state index contributed by atoms with van der Waals surface area (Å²) >= 11 is 11.6. The largest absolute Gasteiger partial charge is 0.449 e. The van der Waals surface area contributed by atoms with E-state index in [4.69, 9.17) is 23.2 Å². The van der Waals surface area contributed by atoms with Gasteiger partial charge in [-0.25, -0.2) is 4.98 Å². The summed E-state index contributed by atoms with van der Waals surface area (Å²) in [5.74, 6) is -1.26. The molecule has 0 unspecified atom stereocenters. The van der Waals surface area contributed by atoms with Gasteiger partial charge in [0.05, 0.1) is 21.6 Å². The number of imidazole rings is 1. The third-order valence-electron chi connectivity index (χ3n) is 3.42. The van der Waals surface area contributed by atoms with Crippen LogP contribution in [0.1, 0.15) is 11.4 Å². The number of aromatic nitrogens is 2. The number of hydrogen-bond donors (Lipinski definition) is 1. The second-order valence-corrected chi connectivity index (χ2v) is 5.96. The molecule has 3 rings (SSSR count). The van der Waals surface area contributed by atoms with Gasteiger partial charge in [0.1, 0.15) is 0 Å². The molecule has 2 nitrogen and oxygen atoms in total. The molecule has 0 aliphatic rings. The Hall–Kier alpha value is -1.93. The Morgan fingerprint density at radius 3 is 2.12 bits per heavy atom. The molecule has 0 saturated heterocycles. The van der Waals surface area contributed by atoms with Crippen LogP contribution in [0.2, 0.25) is 10.0 Å². The van der Waals surface area contributed by atoms with Crippen LogP contribution in [0.4, 0.5) is 26.3 Å². The smallest absolute Gasteiger partial charge is 0.334 e. The second kappa shape index (κ2) is 5.81. The number of benzene rings is 2. The van der Waals surface area contributed by atoms with Gasteiger partial charge in [0.25, 0.3) is 0 Å². The Morgan fingerprint density at radius 1 is 0.840 bits per heavy atom. The van der Waals surface area contributed by atoms with Crippen LogP contribution in [0.25, 0.3) is 22.2 Å². The zero-order chi connectivity index (χ0) is 18.6. The average molecular weight is 399 g/mol. The minimum absolute atomic E-state index is 0.0383. The molecule has 132 valence electrons. The summed E-state index contributed by atoms with van der Waals surface area (Å²) in [5.41, 5.74) is -1.65. The van der Waals surface area contributed by atoms with Gasteiger partial charge in [-0.1, -0.05) is 29.3 Å². The third-order valence-corrected chi connectivity index (χ3v) is 3.96. The lowest BCUT2D eigenvalue weighted by molar-refractivity contribution is -0.144. The van der Waals surface area contributed by atoms with Crippen LogP contribution in [0.5, 0.6) is 0 Å². The molecule has 0 atom stereocenters. The van der Waals surface area contributed by atoms with Crippen molar-refractivity contribution in [2.75, 3.05) is 0 Å². The Balaban J connectivity index is 2.25. The van der Waals surface area contributed by atoms with Gasteiger partial charge in [0.2, 0.25) is 5.82 Å². The van der Waals surface area contributed by atoms with E-state index in [-0.39, 0.29) is 32.2 Å². The first-order valence-electron chi connectivity index (χ1n) is 6.60. The summed E-state index contributed by atoms with van der Waals surface area (Å²) in [6.07, 6.45) is -9.44. The molecule has 1 N–H and O–H groups in total. The fourth-order valence-corrected chi connectivity index (χ4v) is 2.79. The molecule has 0 radical (unpaired) electrons. The maximum Gasteiger partial charge on any atom is 0.449 e. The van der Waals surface area contributed by atoms with E-state index in [1.165, 1.54) is 6.07 Å². The Labute approximate surface area is 146 Å². The number of H-pyrrole nitrogens is 1. The lowest BCUT2D eigenvalue weighted by Gasteiger charge is -2.14. The number of nitrogens with one attached hydrogen (secondary N) is 1. The van der Waals surface area contributed by atoms with Gasteiger partial charge >= 0.3 is 12.4 Å². The number of hydrogen-bond acceptors (Lipinski definition) is 1. The quantitative estimate of drug-likeness (QED) is 0.461. The molecule has 0 spiro atoms. The fourth-order valence-electron chi connectivity index (χ4n) is 2.36. The van der Waals surface area contributed by atoms with Gasteiger partial charge in [-0.05, 0) is 29.8 Å². The van der Waals surface area contributed by atoms with Gasteiger partial charge in [0.15, 0.2) is 0 Å².